The van der Waals surface area contributed by atoms with Gasteiger partial charge in [-0.05, 0) is 32.6 Å². The smallest absolute Gasteiger partial charge is 0.325 e. The number of hydrogen-bond donors (Lipinski definition) is 10. The second-order valence-corrected chi connectivity index (χ2v) is 7.87. The van der Waals surface area contributed by atoms with Crippen molar-refractivity contribution in [2.75, 3.05) is 13.1 Å². The van der Waals surface area contributed by atoms with Gasteiger partial charge in [0.1, 0.15) is 18.1 Å². The van der Waals surface area contributed by atoms with Gasteiger partial charge in [0.15, 0.2) is 11.9 Å². The molecule has 0 fully saturated rings. The van der Waals surface area contributed by atoms with Crippen molar-refractivity contribution in [3.8, 4) is 0 Å². The summed E-state index contributed by atoms with van der Waals surface area (Å²) in [7, 11) is 0. The van der Waals surface area contributed by atoms with E-state index in [2.05, 4.69) is 25.9 Å². The summed E-state index contributed by atoms with van der Waals surface area (Å²) in [6, 6.07) is -4.96. The number of rotatable bonds is 17. The molecular formula is C19H37N11O6. The monoisotopic (exact) mass is 515 g/mol. The summed E-state index contributed by atoms with van der Waals surface area (Å²) in [6.45, 7) is 1.60. The maximum Gasteiger partial charge on any atom is 0.325 e. The molecule has 0 aromatic rings. The molecular weight excluding hydrogens is 478 g/mol. The predicted octanol–water partition coefficient (Wildman–Crippen LogP) is -5.14. The maximum atomic E-state index is 12.9. The first-order valence-electron chi connectivity index (χ1n) is 11.0. The Bertz CT molecular complexity index is 840. The molecule has 17 heteroatoms. The number of nitrogens with two attached hydrogens (primary N) is 6. The number of carboxylic acids is 1. The Hall–Kier alpha value is -4.15. The number of aliphatic imine (C=N–C) groups is 2. The van der Waals surface area contributed by atoms with Crippen molar-refractivity contribution in [1.82, 2.24) is 16.0 Å². The summed E-state index contributed by atoms with van der Waals surface area (Å²) in [5.41, 5.74) is 32.1. The summed E-state index contributed by atoms with van der Waals surface area (Å²) in [4.78, 5) is 68.0. The first-order chi connectivity index (χ1) is 16.7. The molecule has 17 nitrogen and oxygen atoms in total. The number of nitrogens with one attached hydrogen (secondary N) is 3. The Kier molecular flexibility index (Phi) is 14.6. The Balaban J connectivity index is 5.43. The molecule has 0 saturated heterocycles. The second-order valence-electron chi connectivity index (χ2n) is 7.87. The predicted molar refractivity (Wildman–Crippen MR) is 131 cm³/mol. The molecule has 0 bridgehead atoms. The molecule has 0 saturated carbocycles. The van der Waals surface area contributed by atoms with Crippen LogP contribution in [0.3, 0.4) is 0 Å². The molecule has 0 unspecified atom stereocenters. The number of aliphatic carboxylic acids is 1. The van der Waals surface area contributed by atoms with Crippen LogP contribution in [0.1, 0.15) is 39.0 Å². The number of carbonyl (C=O) groups is 5. The van der Waals surface area contributed by atoms with Gasteiger partial charge in [-0.15, -0.1) is 0 Å². The van der Waals surface area contributed by atoms with Crippen molar-refractivity contribution in [3.63, 3.8) is 0 Å². The van der Waals surface area contributed by atoms with Gasteiger partial charge in [0.25, 0.3) is 0 Å². The lowest BCUT2D eigenvalue weighted by Gasteiger charge is -2.24. The van der Waals surface area contributed by atoms with Gasteiger partial charge >= 0.3 is 5.97 Å². The summed E-state index contributed by atoms with van der Waals surface area (Å²) in [6.07, 6.45) is 0.314. The van der Waals surface area contributed by atoms with Gasteiger partial charge in [0.05, 0.1) is 12.5 Å². The van der Waals surface area contributed by atoms with E-state index >= 15 is 0 Å². The summed E-state index contributed by atoms with van der Waals surface area (Å²) >= 11 is 0. The molecule has 204 valence electrons. The quantitative estimate of drug-likeness (QED) is 0.0495. The van der Waals surface area contributed by atoms with E-state index in [9.17, 15) is 24.0 Å². The largest absolute Gasteiger partial charge is 0.480 e. The van der Waals surface area contributed by atoms with Gasteiger partial charge in [-0.25, -0.2) is 0 Å². The van der Waals surface area contributed by atoms with Crippen LogP contribution in [0.15, 0.2) is 9.98 Å². The minimum Gasteiger partial charge on any atom is -0.480 e. The Morgan fingerprint density at radius 2 is 1.22 bits per heavy atom. The van der Waals surface area contributed by atoms with Crippen molar-refractivity contribution in [2.45, 2.75) is 63.2 Å². The minimum absolute atomic E-state index is 0.0471. The highest BCUT2D eigenvalue weighted by molar-refractivity contribution is 5.96. The molecule has 0 spiro atoms. The number of guanidine groups is 2. The van der Waals surface area contributed by atoms with Crippen LogP contribution in [0.2, 0.25) is 0 Å². The van der Waals surface area contributed by atoms with E-state index in [1.54, 1.807) is 0 Å². The molecule has 0 aliphatic carbocycles. The second kappa shape index (κ2) is 16.5. The van der Waals surface area contributed by atoms with Crippen molar-refractivity contribution < 1.29 is 29.1 Å². The average molecular weight is 516 g/mol. The fraction of sp³-hybridized carbons (Fsp3) is 0.632. The van der Waals surface area contributed by atoms with E-state index in [4.69, 9.17) is 39.5 Å². The molecule has 0 rings (SSSR count). The van der Waals surface area contributed by atoms with Gasteiger partial charge < -0.3 is 55.5 Å². The topological polar surface area (TPSA) is 323 Å². The SMILES string of the molecule is C[C@H](NC(=O)[C@H](CC(N)=O)NC(=O)[C@H](CCCN=C(N)N)NC(=O)[C@@H](N)CCCN=C(N)N)C(=O)O. The maximum absolute atomic E-state index is 12.9. The third kappa shape index (κ3) is 14.2. The van der Waals surface area contributed by atoms with Gasteiger partial charge in [0.2, 0.25) is 23.6 Å². The van der Waals surface area contributed by atoms with Crippen molar-refractivity contribution in [2.24, 2.45) is 44.4 Å². The molecule has 4 amide bonds. The van der Waals surface area contributed by atoms with E-state index in [1.165, 1.54) is 6.92 Å². The Morgan fingerprint density at radius 1 is 0.750 bits per heavy atom. The van der Waals surface area contributed by atoms with Gasteiger partial charge in [-0.3, -0.25) is 34.0 Å². The average Bonchev–Trinajstić information content (AvgIpc) is 2.76. The zero-order valence-corrected chi connectivity index (χ0v) is 20.1. The highest BCUT2D eigenvalue weighted by Crippen LogP contribution is 2.04. The first kappa shape index (κ1) is 31.8. The van der Waals surface area contributed by atoms with E-state index in [-0.39, 0.29) is 44.3 Å². The number of nitrogens with zero attached hydrogens (tertiary/aromatic N) is 2. The first-order valence-corrected chi connectivity index (χ1v) is 11.0. The van der Waals surface area contributed by atoms with Crippen LogP contribution < -0.4 is 50.4 Å². The van der Waals surface area contributed by atoms with Crippen molar-refractivity contribution in [1.29, 1.82) is 0 Å². The molecule has 16 N–H and O–H groups in total. The van der Waals surface area contributed by atoms with Crippen LogP contribution >= 0.6 is 0 Å². The van der Waals surface area contributed by atoms with Gasteiger partial charge in [-0.2, -0.15) is 0 Å². The lowest BCUT2D eigenvalue weighted by Crippen LogP contribution is -2.57. The molecule has 0 heterocycles. The number of carbonyl (C=O) groups excluding carboxylic acids is 4. The zero-order chi connectivity index (χ0) is 27.8. The van der Waals surface area contributed by atoms with Crippen LogP contribution in [-0.2, 0) is 24.0 Å². The lowest BCUT2D eigenvalue weighted by molar-refractivity contribution is -0.142. The van der Waals surface area contributed by atoms with Gasteiger partial charge in [-0.1, -0.05) is 0 Å². The fourth-order valence-corrected chi connectivity index (χ4v) is 2.76. The minimum atomic E-state index is -1.48. The third-order valence-corrected chi connectivity index (χ3v) is 4.65. The summed E-state index contributed by atoms with van der Waals surface area (Å²) in [5, 5.41) is 15.9. The molecule has 0 radical (unpaired) electrons. The van der Waals surface area contributed by atoms with Crippen LogP contribution in [0, 0.1) is 0 Å². The number of amides is 4. The van der Waals surface area contributed by atoms with Crippen molar-refractivity contribution in [3.05, 3.63) is 0 Å². The summed E-state index contributed by atoms with van der Waals surface area (Å²) < 4.78 is 0. The van der Waals surface area contributed by atoms with E-state index < -0.39 is 60.2 Å². The van der Waals surface area contributed by atoms with Crippen LogP contribution in [0.4, 0.5) is 0 Å². The molecule has 36 heavy (non-hydrogen) atoms. The molecule has 0 aromatic heterocycles. The Morgan fingerprint density at radius 3 is 1.69 bits per heavy atom. The van der Waals surface area contributed by atoms with Crippen LogP contribution in [-0.4, -0.2) is 83.9 Å². The standard InChI is InChI=1S/C19H37N11O6/c1-9(17(35)36)28-16(34)12(8-13(21)31)30-15(33)11(5-3-7-27-19(24)25)29-14(32)10(20)4-2-6-26-18(22)23/h9-12H,2-8,20H2,1H3,(H2,21,31)(H,28,34)(H,29,32)(H,30,33)(H,35,36)(H4,22,23,26)(H4,24,25,27)/t9-,10-,11-,12-/m0/s1. The Labute approximate surface area is 207 Å². The van der Waals surface area contributed by atoms with E-state index in [0.29, 0.717) is 6.42 Å². The van der Waals surface area contributed by atoms with E-state index in [1.807, 2.05) is 0 Å². The van der Waals surface area contributed by atoms with Gasteiger partial charge in [0, 0.05) is 13.1 Å². The fourth-order valence-electron chi connectivity index (χ4n) is 2.76. The molecule has 0 aliphatic rings. The number of primary amides is 1. The van der Waals surface area contributed by atoms with Crippen molar-refractivity contribution >= 4 is 41.5 Å². The normalized spacial score (nSPS) is 13.7. The molecule has 4 atom stereocenters. The van der Waals surface area contributed by atoms with Crippen LogP contribution in [0.5, 0.6) is 0 Å². The lowest BCUT2D eigenvalue weighted by atomic mass is 10.1. The third-order valence-electron chi connectivity index (χ3n) is 4.65. The number of hydrogen-bond acceptors (Lipinski definition) is 8. The number of carboxylic acid groups (broad SMARTS) is 1. The highest BCUT2D eigenvalue weighted by Gasteiger charge is 2.30. The van der Waals surface area contributed by atoms with Crippen LogP contribution in [0.25, 0.3) is 0 Å². The highest BCUT2D eigenvalue weighted by atomic mass is 16.4. The van der Waals surface area contributed by atoms with E-state index in [0.717, 1.165) is 0 Å². The zero-order valence-electron chi connectivity index (χ0n) is 20.1. The molecule has 0 aromatic carbocycles. The molecule has 0 aliphatic heterocycles. The summed E-state index contributed by atoms with van der Waals surface area (Å²) in [5.74, 6) is -4.94.